The number of likely N-dealkylation sites (N-methyl/N-ethyl adjacent to an activating group) is 1. The van der Waals surface area contributed by atoms with Crippen LogP contribution in [0.5, 0.6) is 0 Å². The normalized spacial score (nSPS) is 44.3. The zero-order valence-electron chi connectivity index (χ0n) is 8.74. The first kappa shape index (κ1) is 9.47. The first-order valence-electron chi connectivity index (χ1n) is 5.57. The van der Waals surface area contributed by atoms with Gasteiger partial charge in [0.25, 0.3) is 0 Å². The average Bonchev–Trinajstić information content (AvgIpc) is 2.62. The Labute approximate surface area is 80.9 Å². The lowest BCUT2D eigenvalue weighted by Crippen LogP contribution is -2.38. The number of aliphatic hydroxyl groups is 1. The van der Waals surface area contributed by atoms with Crippen molar-refractivity contribution in [1.29, 1.82) is 0 Å². The van der Waals surface area contributed by atoms with Crippen LogP contribution in [0.3, 0.4) is 0 Å². The molecule has 4 atom stereocenters. The van der Waals surface area contributed by atoms with Gasteiger partial charge in [-0.15, -0.1) is 0 Å². The third-order valence-corrected chi connectivity index (χ3v) is 3.81. The van der Waals surface area contributed by atoms with E-state index in [2.05, 4.69) is 18.9 Å². The van der Waals surface area contributed by atoms with Crippen LogP contribution in [-0.4, -0.2) is 35.7 Å². The van der Waals surface area contributed by atoms with Crippen LogP contribution in [0.15, 0.2) is 0 Å². The van der Waals surface area contributed by atoms with Gasteiger partial charge >= 0.3 is 0 Å². The van der Waals surface area contributed by atoms with E-state index >= 15 is 0 Å². The SMILES string of the molecule is CC1CC1CN(C)C1CCCC1O. The van der Waals surface area contributed by atoms with Crippen LogP contribution in [0, 0.1) is 11.8 Å². The van der Waals surface area contributed by atoms with E-state index in [1.54, 1.807) is 0 Å². The molecule has 0 bridgehead atoms. The third-order valence-electron chi connectivity index (χ3n) is 3.81. The van der Waals surface area contributed by atoms with Gasteiger partial charge in [-0.3, -0.25) is 0 Å². The molecule has 0 heterocycles. The number of rotatable bonds is 3. The summed E-state index contributed by atoms with van der Waals surface area (Å²) in [5.74, 6) is 1.85. The summed E-state index contributed by atoms with van der Waals surface area (Å²) in [6.07, 6.45) is 4.75. The summed E-state index contributed by atoms with van der Waals surface area (Å²) in [6.45, 7) is 3.52. The average molecular weight is 183 g/mol. The first-order valence-corrected chi connectivity index (χ1v) is 5.57. The van der Waals surface area contributed by atoms with Gasteiger partial charge in [-0.25, -0.2) is 0 Å². The first-order chi connectivity index (χ1) is 6.18. The largest absolute Gasteiger partial charge is 0.391 e. The summed E-state index contributed by atoms with van der Waals surface area (Å²) in [5.41, 5.74) is 0. The van der Waals surface area contributed by atoms with Crippen molar-refractivity contribution in [3.63, 3.8) is 0 Å². The molecule has 2 aliphatic carbocycles. The van der Waals surface area contributed by atoms with E-state index in [0.717, 1.165) is 18.3 Å². The molecule has 0 radical (unpaired) electrons. The van der Waals surface area contributed by atoms with Gasteiger partial charge in [0.2, 0.25) is 0 Å². The Morgan fingerprint density at radius 1 is 1.38 bits per heavy atom. The molecule has 0 spiro atoms. The van der Waals surface area contributed by atoms with E-state index < -0.39 is 0 Å². The van der Waals surface area contributed by atoms with E-state index in [1.807, 2.05) is 0 Å². The minimum Gasteiger partial charge on any atom is -0.391 e. The Morgan fingerprint density at radius 3 is 2.54 bits per heavy atom. The molecule has 2 nitrogen and oxygen atoms in total. The molecule has 0 aromatic carbocycles. The second kappa shape index (κ2) is 3.58. The van der Waals surface area contributed by atoms with Crippen LogP contribution in [0.1, 0.15) is 32.6 Å². The Bertz CT molecular complexity index is 183. The zero-order valence-corrected chi connectivity index (χ0v) is 8.74. The summed E-state index contributed by atoms with van der Waals surface area (Å²) >= 11 is 0. The van der Waals surface area contributed by atoms with Gasteiger partial charge in [0.05, 0.1) is 6.10 Å². The molecule has 13 heavy (non-hydrogen) atoms. The number of hydrogen-bond acceptors (Lipinski definition) is 2. The number of aliphatic hydroxyl groups excluding tert-OH is 1. The van der Waals surface area contributed by atoms with Crippen molar-refractivity contribution < 1.29 is 5.11 Å². The molecule has 0 aromatic rings. The highest BCUT2D eigenvalue weighted by Gasteiger charge is 2.36. The lowest BCUT2D eigenvalue weighted by atomic mass is 10.1. The van der Waals surface area contributed by atoms with Gasteiger partial charge in [-0.1, -0.05) is 6.92 Å². The second-order valence-electron chi connectivity index (χ2n) is 4.98. The Balaban J connectivity index is 1.78. The fourth-order valence-electron chi connectivity index (χ4n) is 2.59. The predicted octanol–water partition coefficient (Wildman–Crippen LogP) is 1.49. The maximum absolute atomic E-state index is 9.72. The van der Waals surface area contributed by atoms with Crippen LogP contribution in [-0.2, 0) is 0 Å². The molecule has 76 valence electrons. The molecule has 0 aromatic heterocycles. The van der Waals surface area contributed by atoms with E-state index in [9.17, 15) is 5.11 Å². The molecule has 0 amide bonds. The van der Waals surface area contributed by atoms with Gasteiger partial charge in [-0.05, 0) is 44.6 Å². The molecule has 2 rings (SSSR count). The third kappa shape index (κ3) is 2.05. The van der Waals surface area contributed by atoms with Gasteiger partial charge in [0.15, 0.2) is 0 Å². The lowest BCUT2D eigenvalue weighted by Gasteiger charge is -2.26. The van der Waals surface area contributed by atoms with Gasteiger partial charge in [0, 0.05) is 12.6 Å². The summed E-state index contributed by atoms with van der Waals surface area (Å²) in [7, 11) is 2.17. The molecular formula is C11H21NO. The predicted molar refractivity (Wildman–Crippen MR) is 53.5 cm³/mol. The number of nitrogens with zero attached hydrogens (tertiary/aromatic N) is 1. The maximum atomic E-state index is 9.72. The highest BCUT2D eigenvalue weighted by molar-refractivity contribution is 4.89. The standard InChI is InChI=1S/C11H21NO/c1-8-6-9(8)7-12(2)10-4-3-5-11(10)13/h8-11,13H,3-7H2,1-2H3. The molecule has 0 aliphatic heterocycles. The monoisotopic (exact) mass is 183 g/mol. The molecule has 2 heteroatoms. The van der Waals surface area contributed by atoms with E-state index in [1.165, 1.54) is 25.8 Å². The molecule has 2 aliphatic rings. The van der Waals surface area contributed by atoms with E-state index in [0.29, 0.717) is 6.04 Å². The van der Waals surface area contributed by atoms with Crippen molar-refractivity contribution in [3.05, 3.63) is 0 Å². The van der Waals surface area contributed by atoms with Crippen LogP contribution < -0.4 is 0 Å². The highest BCUT2D eigenvalue weighted by Crippen LogP contribution is 2.39. The summed E-state index contributed by atoms with van der Waals surface area (Å²) in [6, 6.07) is 0.452. The summed E-state index contributed by atoms with van der Waals surface area (Å²) in [4.78, 5) is 2.38. The van der Waals surface area contributed by atoms with Crippen molar-refractivity contribution in [1.82, 2.24) is 4.90 Å². The van der Waals surface area contributed by atoms with Crippen LogP contribution in [0.2, 0.25) is 0 Å². The molecule has 0 saturated heterocycles. The highest BCUT2D eigenvalue weighted by atomic mass is 16.3. The van der Waals surface area contributed by atoms with Crippen molar-refractivity contribution in [2.24, 2.45) is 11.8 Å². The van der Waals surface area contributed by atoms with Crippen LogP contribution in [0.25, 0.3) is 0 Å². The Hall–Kier alpha value is -0.0800. The molecular weight excluding hydrogens is 162 g/mol. The van der Waals surface area contributed by atoms with Crippen LogP contribution >= 0.6 is 0 Å². The van der Waals surface area contributed by atoms with Gasteiger partial charge < -0.3 is 10.0 Å². The van der Waals surface area contributed by atoms with Crippen molar-refractivity contribution in [3.8, 4) is 0 Å². The zero-order chi connectivity index (χ0) is 9.42. The van der Waals surface area contributed by atoms with Crippen molar-refractivity contribution in [2.75, 3.05) is 13.6 Å². The molecule has 4 unspecified atom stereocenters. The minimum absolute atomic E-state index is 0.0564. The Kier molecular flexibility index (Phi) is 2.61. The van der Waals surface area contributed by atoms with Crippen molar-refractivity contribution >= 4 is 0 Å². The summed E-state index contributed by atoms with van der Waals surface area (Å²) in [5, 5.41) is 9.72. The van der Waals surface area contributed by atoms with Crippen LogP contribution in [0.4, 0.5) is 0 Å². The number of hydrogen-bond donors (Lipinski definition) is 1. The van der Waals surface area contributed by atoms with Gasteiger partial charge in [-0.2, -0.15) is 0 Å². The fourth-order valence-corrected chi connectivity index (χ4v) is 2.59. The summed E-state index contributed by atoms with van der Waals surface area (Å²) < 4.78 is 0. The molecule has 1 N–H and O–H groups in total. The quantitative estimate of drug-likeness (QED) is 0.716. The van der Waals surface area contributed by atoms with E-state index in [4.69, 9.17) is 0 Å². The maximum Gasteiger partial charge on any atom is 0.0695 e. The van der Waals surface area contributed by atoms with Gasteiger partial charge in [0.1, 0.15) is 0 Å². The Morgan fingerprint density at radius 2 is 2.08 bits per heavy atom. The van der Waals surface area contributed by atoms with E-state index in [-0.39, 0.29) is 6.10 Å². The minimum atomic E-state index is -0.0564. The molecule has 2 saturated carbocycles. The lowest BCUT2D eigenvalue weighted by molar-refractivity contribution is 0.0831. The van der Waals surface area contributed by atoms with Crippen molar-refractivity contribution in [2.45, 2.75) is 44.8 Å². The topological polar surface area (TPSA) is 23.5 Å². The second-order valence-corrected chi connectivity index (χ2v) is 4.98. The molecule has 2 fully saturated rings. The fraction of sp³-hybridized carbons (Fsp3) is 1.00. The smallest absolute Gasteiger partial charge is 0.0695 e.